The van der Waals surface area contributed by atoms with Gasteiger partial charge in [-0.15, -0.1) is 65.4 Å². The Hall–Kier alpha value is -3.70. The maximum Gasteiger partial charge on any atom is 0.148 e. The van der Waals surface area contributed by atoms with Crippen molar-refractivity contribution in [1.82, 2.24) is 15.0 Å². The molecule has 1 radical (unpaired) electrons. The van der Waals surface area contributed by atoms with Crippen molar-refractivity contribution in [3.63, 3.8) is 0 Å². The van der Waals surface area contributed by atoms with E-state index in [1.807, 2.05) is 43.5 Å². The van der Waals surface area contributed by atoms with Gasteiger partial charge >= 0.3 is 0 Å². The van der Waals surface area contributed by atoms with Crippen LogP contribution in [-0.2, 0) is 25.5 Å². The third-order valence-electron chi connectivity index (χ3n) is 6.52. The van der Waals surface area contributed by atoms with Gasteiger partial charge in [-0.3, -0.25) is 0 Å². The Labute approximate surface area is 262 Å². The van der Waals surface area contributed by atoms with E-state index in [0.29, 0.717) is 0 Å². The van der Waals surface area contributed by atoms with E-state index >= 15 is 0 Å². The van der Waals surface area contributed by atoms with Crippen molar-refractivity contribution >= 4 is 43.5 Å². The van der Waals surface area contributed by atoms with Crippen LogP contribution in [0.4, 0.5) is 0 Å². The Bertz CT molecular complexity index is 2040. The fourth-order valence-corrected chi connectivity index (χ4v) is 5.44. The minimum atomic E-state index is -2.09. The second kappa shape index (κ2) is 11.7. The van der Waals surface area contributed by atoms with E-state index in [4.69, 9.17) is 13.5 Å². The molecule has 0 aliphatic heterocycles. The Morgan fingerprint density at radius 1 is 0.805 bits per heavy atom. The zero-order chi connectivity index (χ0) is 30.4. The van der Waals surface area contributed by atoms with Gasteiger partial charge in [0.25, 0.3) is 0 Å². The summed E-state index contributed by atoms with van der Waals surface area (Å²) in [5.41, 5.74) is 7.38. The first-order valence-corrected chi connectivity index (χ1v) is 13.8. The van der Waals surface area contributed by atoms with Crippen LogP contribution in [0.3, 0.4) is 0 Å². The zero-order valence-electron chi connectivity index (χ0n) is 26.1. The topological polar surface area (TPSA) is 51.8 Å². The van der Waals surface area contributed by atoms with E-state index in [1.165, 1.54) is 6.20 Å². The number of benzene rings is 3. The maximum absolute atomic E-state index is 7.23. The van der Waals surface area contributed by atoms with Crippen LogP contribution in [0.1, 0.15) is 41.0 Å². The molecular weight excluding hydrogens is 703 g/mol. The quantitative estimate of drug-likeness (QED) is 0.166. The molecule has 3 aromatic carbocycles. The summed E-state index contributed by atoms with van der Waals surface area (Å²) >= 11 is 1.74. The van der Waals surface area contributed by atoms with Gasteiger partial charge in [0.2, 0.25) is 0 Å². The first-order chi connectivity index (χ1) is 20.5. The number of thiazole rings is 1. The van der Waals surface area contributed by atoms with Crippen LogP contribution in [-0.4, -0.2) is 15.0 Å². The van der Waals surface area contributed by atoms with Gasteiger partial charge in [0.1, 0.15) is 11.1 Å². The van der Waals surface area contributed by atoms with Crippen molar-refractivity contribution in [2.24, 2.45) is 0 Å². The molecule has 0 atom stereocenters. The van der Waals surface area contributed by atoms with Gasteiger partial charge in [-0.25, -0.2) is 4.98 Å². The number of pyridine rings is 2. The van der Waals surface area contributed by atoms with Crippen molar-refractivity contribution < 1.29 is 28.6 Å². The van der Waals surface area contributed by atoms with Gasteiger partial charge < -0.3 is 14.4 Å². The van der Waals surface area contributed by atoms with Crippen LogP contribution in [0, 0.1) is 25.9 Å². The zero-order valence-corrected chi connectivity index (χ0v) is 26.3. The number of furan rings is 1. The van der Waals surface area contributed by atoms with Crippen LogP contribution in [0.5, 0.6) is 0 Å². The molecule has 0 fully saturated rings. The molecule has 0 bridgehead atoms. The molecular formula is C35H29IrN3OS-2. The van der Waals surface area contributed by atoms with Crippen molar-refractivity contribution in [1.29, 1.82) is 0 Å². The summed E-state index contributed by atoms with van der Waals surface area (Å²) < 4.78 is 29.2. The molecule has 7 aromatic rings. The minimum Gasteiger partial charge on any atom is -0.498 e. The van der Waals surface area contributed by atoms with E-state index in [2.05, 4.69) is 67.1 Å². The normalized spacial score (nSPS) is 12.7. The van der Waals surface area contributed by atoms with E-state index in [0.717, 1.165) is 65.2 Å². The summed E-state index contributed by atoms with van der Waals surface area (Å²) in [5, 5.41) is 3.29. The van der Waals surface area contributed by atoms with Gasteiger partial charge in [-0.1, -0.05) is 62.1 Å². The molecule has 4 nitrogen and oxygen atoms in total. The van der Waals surface area contributed by atoms with Crippen LogP contribution in [0.2, 0.25) is 0 Å². The molecule has 0 saturated carbocycles. The van der Waals surface area contributed by atoms with Crippen molar-refractivity contribution in [2.45, 2.75) is 40.0 Å². The second-order valence-electron chi connectivity index (χ2n) is 10.7. The minimum absolute atomic E-state index is 0. The molecule has 0 aliphatic carbocycles. The molecule has 0 N–H and O–H groups in total. The smallest absolute Gasteiger partial charge is 0.148 e. The molecule has 6 heteroatoms. The number of nitrogens with zero attached hydrogens (tertiary/aromatic N) is 3. The number of hydrogen-bond acceptors (Lipinski definition) is 5. The number of aromatic nitrogens is 3. The molecule has 207 valence electrons. The molecule has 0 amide bonds. The molecule has 0 unspecified atom stereocenters. The van der Waals surface area contributed by atoms with Crippen LogP contribution in [0.15, 0.2) is 89.6 Å². The number of aryl methyl sites for hydroxylation is 2. The summed E-state index contributed by atoms with van der Waals surface area (Å²) in [5.74, 6) is 0. The Morgan fingerprint density at radius 2 is 1.56 bits per heavy atom. The molecule has 4 heterocycles. The summed E-state index contributed by atoms with van der Waals surface area (Å²) in [6.45, 7) is 6.52. The van der Waals surface area contributed by atoms with E-state index in [-0.39, 0.29) is 31.1 Å². The average Bonchev–Trinajstić information content (AvgIpc) is 3.60. The van der Waals surface area contributed by atoms with Gasteiger partial charge in [0.05, 0.1) is 15.3 Å². The number of hydrogen-bond donors (Lipinski definition) is 0. The molecule has 0 aliphatic rings. The standard InChI is InChI=1S/C23H19N2OS.C12H10N.Ir/c1-13-8-10-17(24-12-13)16-7-5-6-14-15-9-11-18-19(21(15)26-20(14)16)25-22(27-18)23(2,3)4;1-10-7-8-12(13-9-10)11-5-3-2-4-6-11;/h5-6,8-12H,1-4H3;2-5,7-9H,1H3;/q2*-1;/i;1D3;. The third kappa shape index (κ3) is 5.87. The monoisotopic (exact) mass is 735 g/mol. The summed E-state index contributed by atoms with van der Waals surface area (Å²) in [4.78, 5) is 13.6. The van der Waals surface area contributed by atoms with Gasteiger partial charge in [-0.2, -0.15) is 0 Å². The summed E-state index contributed by atoms with van der Waals surface area (Å²) in [6.07, 6.45) is 3.27. The third-order valence-corrected chi connectivity index (χ3v) is 7.96. The predicted octanol–water partition coefficient (Wildman–Crippen LogP) is 9.52. The van der Waals surface area contributed by atoms with Crippen molar-refractivity contribution in [3.8, 4) is 22.5 Å². The van der Waals surface area contributed by atoms with E-state index in [9.17, 15) is 0 Å². The second-order valence-corrected chi connectivity index (χ2v) is 11.7. The molecule has 0 spiro atoms. The van der Waals surface area contributed by atoms with E-state index in [1.54, 1.807) is 29.5 Å². The van der Waals surface area contributed by atoms with Crippen molar-refractivity contribution in [3.05, 3.63) is 113 Å². The van der Waals surface area contributed by atoms with Crippen molar-refractivity contribution in [2.75, 3.05) is 0 Å². The predicted molar refractivity (Wildman–Crippen MR) is 166 cm³/mol. The molecule has 4 aromatic heterocycles. The number of rotatable bonds is 2. The van der Waals surface area contributed by atoms with Gasteiger partial charge in [-0.05, 0) is 42.4 Å². The molecule has 41 heavy (non-hydrogen) atoms. The maximum atomic E-state index is 7.23. The van der Waals surface area contributed by atoms with E-state index < -0.39 is 6.85 Å². The fraction of sp³-hybridized carbons (Fsp3) is 0.171. The van der Waals surface area contributed by atoms with Gasteiger partial charge in [0.15, 0.2) is 0 Å². The largest absolute Gasteiger partial charge is 0.498 e. The van der Waals surface area contributed by atoms with Crippen LogP contribution >= 0.6 is 11.3 Å². The Balaban J connectivity index is 0.000000194. The first kappa shape index (κ1) is 25.0. The molecule has 0 saturated heterocycles. The fourth-order valence-electron chi connectivity index (χ4n) is 4.42. The summed E-state index contributed by atoms with van der Waals surface area (Å²) in [7, 11) is 0. The Kier molecular flexibility index (Phi) is 7.12. The molecule has 7 rings (SSSR count). The SMILES string of the molecule is Cc1ccc(-c2[c-]ccc3c2oc2c3ccc3sc(C(C)(C)C)nc32)nc1.[2H]C([2H])([2H])c1ccc(-c2[c-]cccc2)nc1.[Ir]. The van der Waals surface area contributed by atoms with Crippen LogP contribution < -0.4 is 0 Å². The summed E-state index contributed by atoms with van der Waals surface area (Å²) in [6, 6.07) is 29.5. The number of fused-ring (bicyclic) bond motifs is 5. The Morgan fingerprint density at radius 3 is 2.24 bits per heavy atom. The van der Waals surface area contributed by atoms with Crippen LogP contribution in [0.25, 0.3) is 54.7 Å². The average molecular weight is 735 g/mol. The van der Waals surface area contributed by atoms with Gasteiger partial charge in [0, 0.05) is 47.4 Å². The first-order valence-electron chi connectivity index (χ1n) is 14.5.